The van der Waals surface area contributed by atoms with E-state index in [1.165, 1.54) is 16.4 Å². The van der Waals surface area contributed by atoms with Crippen molar-refractivity contribution >= 4 is 27.3 Å². The lowest BCUT2D eigenvalue weighted by Crippen LogP contribution is -2.47. The van der Waals surface area contributed by atoms with Gasteiger partial charge in [0.2, 0.25) is 15.9 Å². The monoisotopic (exact) mass is 601 g/mol. The van der Waals surface area contributed by atoms with Gasteiger partial charge in [0.15, 0.2) is 0 Å². The Morgan fingerprint density at radius 2 is 1.66 bits per heavy atom. The molecule has 1 aliphatic rings. The van der Waals surface area contributed by atoms with Gasteiger partial charge in [-0.15, -0.1) is 11.3 Å². The van der Waals surface area contributed by atoms with Gasteiger partial charge in [0.1, 0.15) is 5.82 Å². The fourth-order valence-corrected chi connectivity index (χ4v) is 6.97. The van der Waals surface area contributed by atoms with Crippen molar-refractivity contribution in [3.8, 4) is 0 Å². The molecular weight excluding hydrogens is 561 g/mol. The summed E-state index contributed by atoms with van der Waals surface area (Å²) < 4.78 is 48.2. The van der Waals surface area contributed by atoms with Gasteiger partial charge in [-0.05, 0) is 64.7 Å². The lowest BCUT2D eigenvalue weighted by Gasteiger charge is -2.31. The molecule has 3 aromatic rings. The molecule has 0 saturated carbocycles. The maximum absolute atomic E-state index is 14.0. The minimum atomic E-state index is -3.96. The number of thiophene rings is 1. The standard InChI is InChI=1S/C31H40FN3O4S2/c1-24-13-20-40-29(24)22-34(21-25-5-9-27(32)10-6-25)30(36)23-35(15-14-33-16-18-39-19-17-33)41(37,38)28-11-7-26(8-12-28)31(2,3)4/h5-13,20H,14-19,21-23H2,1-4H3. The zero-order valence-corrected chi connectivity index (χ0v) is 25.9. The molecule has 1 aliphatic heterocycles. The number of halogens is 1. The normalized spacial score (nSPS) is 14.9. The van der Waals surface area contributed by atoms with E-state index >= 15 is 0 Å². The molecule has 0 aliphatic carbocycles. The van der Waals surface area contributed by atoms with Crippen LogP contribution < -0.4 is 0 Å². The van der Waals surface area contributed by atoms with E-state index in [-0.39, 0.29) is 41.7 Å². The summed E-state index contributed by atoms with van der Waals surface area (Å²) in [6.45, 7) is 11.8. The Kier molecular flexibility index (Phi) is 10.4. The summed E-state index contributed by atoms with van der Waals surface area (Å²) in [5, 5.41) is 1.98. The highest BCUT2D eigenvalue weighted by Crippen LogP contribution is 2.25. The van der Waals surface area contributed by atoms with Crippen molar-refractivity contribution in [2.24, 2.45) is 0 Å². The van der Waals surface area contributed by atoms with Gasteiger partial charge in [-0.1, -0.05) is 45.0 Å². The fourth-order valence-electron chi connectivity index (χ4n) is 4.67. The van der Waals surface area contributed by atoms with Crippen LogP contribution in [0.1, 0.15) is 42.3 Å². The molecule has 0 bridgehead atoms. The number of aryl methyl sites for hydroxylation is 1. The lowest BCUT2D eigenvalue weighted by molar-refractivity contribution is -0.132. The van der Waals surface area contributed by atoms with E-state index in [0.29, 0.717) is 26.3 Å². The molecule has 0 spiro atoms. The molecule has 7 nitrogen and oxygen atoms in total. The molecule has 10 heteroatoms. The zero-order valence-electron chi connectivity index (χ0n) is 24.3. The van der Waals surface area contributed by atoms with Crippen LogP contribution in [-0.4, -0.2) is 74.4 Å². The average Bonchev–Trinajstić information content (AvgIpc) is 3.35. The molecule has 0 atom stereocenters. The first-order valence-corrected chi connectivity index (χ1v) is 16.2. The molecule has 1 saturated heterocycles. The lowest BCUT2D eigenvalue weighted by atomic mass is 9.87. The fraction of sp³-hybridized carbons (Fsp3) is 0.452. The topological polar surface area (TPSA) is 70.2 Å². The molecule has 2 aromatic carbocycles. The van der Waals surface area contributed by atoms with Crippen molar-refractivity contribution in [1.82, 2.24) is 14.1 Å². The number of carbonyl (C=O) groups is 1. The number of morpholine rings is 1. The first-order valence-electron chi connectivity index (χ1n) is 13.9. The molecule has 222 valence electrons. The second kappa shape index (κ2) is 13.6. The van der Waals surface area contributed by atoms with Crippen molar-refractivity contribution < 1.29 is 22.3 Å². The highest BCUT2D eigenvalue weighted by Gasteiger charge is 2.30. The summed E-state index contributed by atoms with van der Waals surface area (Å²) in [5.74, 6) is -0.655. The van der Waals surface area contributed by atoms with Gasteiger partial charge >= 0.3 is 0 Å². The number of hydrogen-bond donors (Lipinski definition) is 0. The average molecular weight is 602 g/mol. The van der Waals surface area contributed by atoms with Gasteiger partial charge in [0.25, 0.3) is 0 Å². The van der Waals surface area contributed by atoms with Crippen molar-refractivity contribution in [3.05, 3.63) is 87.4 Å². The van der Waals surface area contributed by atoms with Crippen LogP contribution in [0, 0.1) is 12.7 Å². The number of ether oxygens (including phenoxy) is 1. The third-order valence-electron chi connectivity index (χ3n) is 7.38. The molecule has 4 rings (SSSR count). The Bertz CT molecular complexity index is 1390. The van der Waals surface area contributed by atoms with E-state index in [2.05, 4.69) is 25.7 Å². The van der Waals surface area contributed by atoms with Gasteiger partial charge in [0.05, 0.1) is 31.2 Å². The summed E-state index contributed by atoms with van der Waals surface area (Å²) >= 11 is 1.56. The Morgan fingerprint density at radius 3 is 2.24 bits per heavy atom. The van der Waals surface area contributed by atoms with E-state index in [9.17, 15) is 17.6 Å². The summed E-state index contributed by atoms with van der Waals surface area (Å²) in [6.07, 6.45) is 0. The number of carbonyl (C=O) groups excluding carboxylic acids is 1. The summed E-state index contributed by atoms with van der Waals surface area (Å²) in [6, 6.07) is 15.0. The number of benzene rings is 2. The van der Waals surface area contributed by atoms with E-state index in [1.807, 2.05) is 30.5 Å². The minimum absolute atomic E-state index is 0.116. The first-order chi connectivity index (χ1) is 19.4. The molecule has 1 fully saturated rings. The predicted octanol–water partition coefficient (Wildman–Crippen LogP) is 5.05. The third kappa shape index (κ3) is 8.45. The SMILES string of the molecule is Cc1ccsc1CN(Cc1ccc(F)cc1)C(=O)CN(CCN1CCOCC1)S(=O)(=O)c1ccc(C(C)(C)C)cc1. The molecule has 1 aromatic heterocycles. The van der Waals surface area contributed by atoms with Crippen LogP contribution in [0.15, 0.2) is 64.9 Å². The molecular formula is C31H40FN3O4S2. The minimum Gasteiger partial charge on any atom is -0.379 e. The molecule has 1 amide bonds. The second-order valence-electron chi connectivity index (χ2n) is 11.5. The van der Waals surface area contributed by atoms with E-state index < -0.39 is 10.0 Å². The third-order valence-corrected chi connectivity index (χ3v) is 10.2. The molecule has 41 heavy (non-hydrogen) atoms. The number of rotatable bonds is 11. The zero-order chi connectivity index (χ0) is 29.6. The van der Waals surface area contributed by atoms with E-state index in [4.69, 9.17) is 4.74 Å². The van der Waals surface area contributed by atoms with Gasteiger partial charge in [-0.25, -0.2) is 12.8 Å². The van der Waals surface area contributed by atoms with E-state index in [0.717, 1.165) is 34.7 Å². The van der Waals surface area contributed by atoms with Crippen molar-refractivity contribution in [3.63, 3.8) is 0 Å². The largest absolute Gasteiger partial charge is 0.379 e. The van der Waals surface area contributed by atoms with Crippen molar-refractivity contribution in [1.29, 1.82) is 0 Å². The number of sulfonamides is 1. The van der Waals surface area contributed by atoms with Crippen LogP contribution in [0.25, 0.3) is 0 Å². The highest BCUT2D eigenvalue weighted by atomic mass is 32.2. The molecule has 0 N–H and O–H groups in total. The van der Waals surface area contributed by atoms with Crippen LogP contribution in [0.2, 0.25) is 0 Å². The smallest absolute Gasteiger partial charge is 0.243 e. The Balaban J connectivity index is 1.60. The van der Waals surface area contributed by atoms with Gasteiger partial charge < -0.3 is 9.64 Å². The summed E-state index contributed by atoms with van der Waals surface area (Å²) in [4.78, 5) is 18.9. The van der Waals surface area contributed by atoms with Crippen molar-refractivity contribution in [2.75, 3.05) is 45.9 Å². The molecule has 0 radical (unpaired) electrons. The predicted molar refractivity (Wildman–Crippen MR) is 161 cm³/mol. The molecule has 0 unspecified atom stereocenters. The van der Waals surface area contributed by atoms with Gasteiger partial charge in [0, 0.05) is 37.6 Å². The maximum Gasteiger partial charge on any atom is 0.243 e. The summed E-state index contributed by atoms with van der Waals surface area (Å²) in [5.41, 5.74) is 2.76. The van der Waals surface area contributed by atoms with Crippen LogP contribution in [0.4, 0.5) is 4.39 Å². The Morgan fingerprint density at radius 1 is 1.00 bits per heavy atom. The Hall–Kier alpha value is -2.63. The van der Waals surface area contributed by atoms with Gasteiger partial charge in [-0.3, -0.25) is 9.69 Å². The van der Waals surface area contributed by atoms with Crippen LogP contribution in [0.3, 0.4) is 0 Å². The van der Waals surface area contributed by atoms with Gasteiger partial charge in [-0.2, -0.15) is 4.31 Å². The van der Waals surface area contributed by atoms with Crippen molar-refractivity contribution in [2.45, 2.75) is 51.1 Å². The second-order valence-corrected chi connectivity index (χ2v) is 14.4. The summed E-state index contributed by atoms with van der Waals surface area (Å²) in [7, 11) is -3.96. The van der Waals surface area contributed by atoms with E-state index in [1.54, 1.807) is 40.5 Å². The number of nitrogens with zero attached hydrogens (tertiary/aromatic N) is 3. The maximum atomic E-state index is 14.0. The number of hydrogen-bond acceptors (Lipinski definition) is 6. The first kappa shape index (κ1) is 31.3. The van der Waals surface area contributed by atoms with Crippen LogP contribution in [-0.2, 0) is 38.1 Å². The van der Waals surface area contributed by atoms with Crippen LogP contribution >= 0.6 is 11.3 Å². The van der Waals surface area contributed by atoms with Crippen LogP contribution in [0.5, 0.6) is 0 Å². The number of amides is 1. The highest BCUT2D eigenvalue weighted by molar-refractivity contribution is 7.89. The molecule has 2 heterocycles. The Labute approximate surface area is 247 Å². The quantitative estimate of drug-likeness (QED) is 0.308.